The van der Waals surface area contributed by atoms with Gasteiger partial charge in [-0.15, -0.1) is 0 Å². The van der Waals surface area contributed by atoms with E-state index in [1.54, 1.807) is 7.11 Å². The Kier molecular flexibility index (Phi) is 1.85. The lowest BCUT2D eigenvalue weighted by molar-refractivity contribution is 0.219. The molecule has 2 rings (SSSR count). The van der Waals surface area contributed by atoms with Gasteiger partial charge in [0.15, 0.2) is 0 Å². The minimum atomic E-state index is -0.454. The average Bonchev–Trinajstić information content (AvgIpc) is 2.43. The van der Waals surface area contributed by atoms with E-state index in [1.807, 2.05) is 31.2 Å². The molecule has 68 valence electrons. The van der Waals surface area contributed by atoms with Gasteiger partial charge in [0, 0.05) is 0 Å². The van der Waals surface area contributed by atoms with E-state index in [4.69, 9.17) is 4.74 Å². The first kappa shape index (κ1) is 8.32. The summed E-state index contributed by atoms with van der Waals surface area (Å²) in [6.07, 6.45) is 1.55. The van der Waals surface area contributed by atoms with Crippen molar-refractivity contribution in [2.45, 2.75) is 13.0 Å². The molecule has 0 amide bonds. The number of fused-ring (bicyclic) bond motifs is 1. The van der Waals surface area contributed by atoms with Crippen molar-refractivity contribution in [3.8, 4) is 5.75 Å². The number of ether oxygens (including phenoxy) is 1. The molecule has 1 aromatic carbocycles. The third-order valence-corrected chi connectivity index (χ3v) is 2.40. The Balaban J connectivity index is 2.48. The molecular weight excluding hydrogens is 164 g/mol. The summed E-state index contributed by atoms with van der Waals surface area (Å²) in [6.45, 7) is 1.93. The number of hydrogen-bond acceptors (Lipinski definition) is 2. The largest absolute Gasteiger partial charge is 0.497 e. The Morgan fingerprint density at radius 2 is 2.15 bits per heavy atom. The molecule has 0 spiro atoms. The molecule has 0 fully saturated rings. The van der Waals surface area contributed by atoms with E-state index >= 15 is 0 Å². The molecule has 0 saturated heterocycles. The number of methoxy groups -OCH3 is 1. The maximum absolute atomic E-state index is 9.75. The summed E-state index contributed by atoms with van der Waals surface area (Å²) in [6, 6.07) is 5.75. The first-order valence-electron chi connectivity index (χ1n) is 4.26. The number of hydrogen-bond donors (Lipinski definition) is 1. The zero-order valence-electron chi connectivity index (χ0n) is 7.74. The minimum absolute atomic E-state index is 0.454. The van der Waals surface area contributed by atoms with Crippen molar-refractivity contribution in [1.82, 2.24) is 0 Å². The SMILES string of the molecule is COc1ccc2c(c1)C(O)C(C)=C2. The van der Waals surface area contributed by atoms with Crippen molar-refractivity contribution in [2.24, 2.45) is 0 Å². The smallest absolute Gasteiger partial charge is 0.119 e. The molecule has 0 aromatic heterocycles. The highest BCUT2D eigenvalue weighted by Gasteiger charge is 2.19. The Morgan fingerprint density at radius 1 is 1.38 bits per heavy atom. The van der Waals surface area contributed by atoms with Gasteiger partial charge >= 0.3 is 0 Å². The summed E-state index contributed by atoms with van der Waals surface area (Å²) in [5, 5.41) is 9.75. The van der Waals surface area contributed by atoms with Crippen molar-refractivity contribution in [1.29, 1.82) is 0 Å². The lowest BCUT2D eigenvalue weighted by Crippen LogP contribution is -1.95. The third kappa shape index (κ3) is 1.23. The lowest BCUT2D eigenvalue weighted by atomic mass is 10.1. The molecule has 1 N–H and O–H groups in total. The summed E-state index contributed by atoms with van der Waals surface area (Å²) in [5.74, 6) is 0.793. The van der Waals surface area contributed by atoms with E-state index in [-0.39, 0.29) is 0 Å². The van der Waals surface area contributed by atoms with Gasteiger partial charge < -0.3 is 9.84 Å². The molecule has 0 aliphatic heterocycles. The predicted molar refractivity (Wildman–Crippen MR) is 51.6 cm³/mol. The molecule has 2 nitrogen and oxygen atoms in total. The quantitative estimate of drug-likeness (QED) is 0.710. The van der Waals surface area contributed by atoms with Crippen molar-refractivity contribution >= 4 is 6.08 Å². The van der Waals surface area contributed by atoms with Crippen LogP contribution in [0.5, 0.6) is 5.75 Å². The number of rotatable bonds is 1. The lowest BCUT2D eigenvalue weighted by Gasteiger charge is -2.07. The first-order chi connectivity index (χ1) is 6.22. The van der Waals surface area contributed by atoms with Crippen LogP contribution in [0.4, 0.5) is 0 Å². The topological polar surface area (TPSA) is 29.5 Å². The van der Waals surface area contributed by atoms with Crippen LogP contribution in [0.25, 0.3) is 6.08 Å². The molecule has 0 bridgehead atoms. The number of aliphatic hydroxyl groups excluding tert-OH is 1. The number of benzene rings is 1. The molecule has 0 heterocycles. The Bertz CT molecular complexity index is 366. The molecule has 0 saturated carbocycles. The summed E-state index contributed by atoms with van der Waals surface area (Å²) >= 11 is 0. The van der Waals surface area contributed by atoms with Gasteiger partial charge in [0.05, 0.1) is 7.11 Å². The van der Waals surface area contributed by atoms with E-state index in [0.717, 1.165) is 22.4 Å². The van der Waals surface area contributed by atoms with Gasteiger partial charge in [0.2, 0.25) is 0 Å². The first-order valence-corrected chi connectivity index (χ1v) is 4.26. The summed E-state index contributed by atoms with van der Waals surface area (Å²) in [7, 11) is 1.63. The highest BCUT2D eigenvalue weighted by Crippen LogP contribution is 2.35. The Hall–Kier alpha value is -1.28. The van der Waals surface area contributed by atoms with Crippen LogP contribution in [-0.2, 0) is 0 Å². The van der Waals surface area contributed by atoms with Crippen molar-refractivity contribution in [3.05, 3.63) is 34.9 Å². The predicted octanol–water partition coefficient (Wildman–Crippen LogP) is 2.15. The molecule has 1 aromatic rings. The van der Waals surface area contributed by atoms with E-state index in [2.05, 4.69) is 0 Å². The van der Waals surface area contributed by atoms with Crippen LogP contribution in [0.1, 0.15) is 24.2 Å². The highest BCUT2D eigenvalue weighted by molar-refractivity contribution is 5.66. The molecule has 13 heavy (non-hydrogen) atoms. The van der Waals surface area contributed by atoms with Crippen LogP contribution in [0.2, 0.25) is 0 Å². The number of aliphatic hydroxyl groups is 1. The van der Waals surface area contributed by atoms with Crippen molar-refractivity contribution in [3.63, 3.8) is 0 Å². The Morgan fingerprint density at radius 3 is 2.85 bits per heavy atom. The highest BCUT2D eigenvalue weighted by atomic mass is 16.5. The maximum atomic E-state index is 9.75. The van der Waals surface area contributed by atoms with Crippen LogP contribution in [0.3, 0.4) is 0 Å². The van der Waals surface area contributed by atoms with Gasteiger partial charge in [-0.05, 0) is 35.8 Å². The zero-order chi connectivity index (χ0) is 9.42. The van der Waals surface area contributed by atoms with Crippen LogP contribution < -0.4 is 4.74 Å². The normalized spacial score (nSPS) is 19.6. The monoisotopic (exact) mass is 176 g/mol. The van der Waals surface area contributed by atoms with Crippen molar-refractivity contribution < 1.29 is 9.84 Å². The van der Waals surface area contributed by atoms with Gasteiger partial charge in [0.1, 0.15) is 11.9 Å². The second-order valence-electron chi connectivity index (χ2n) is 3.29. The molecule has 1 aliphatic rings. The standard InChI is InChI=1S/C11H12O2/c1-7-5-8-3-4-9(13-2)6-10(8)11(7)12/h3-6,11-12H,1-2H3. The van der Waals surface area contributed by atoms with Gasteiger partial charge in [-0.25, -0.2) is 0 Å². The minimum Gasteiger partial charge on any atom is -0.497 e. The molecular formula is C11H12O2. The molecule has 1 atom stereocenters. The van der Waals surface area contributed by atoms with Crippen LogP contribution in [-0.4, -0.2) is 12.2 Å². The van der Waals surface area contributed by atoms with E-state index in [9.17, 15) is 5.11 Å². The fourth-order valence-corrected chi connectivity index (χ4v) is 1.62. The van der Waals surface area contributed by atoms with Crippen LogP contribution in [0.15, 0.2) is 23.8 Å². The summed E-state index contributed by atoms with van der Waals surface area (Å²) in [4.78, 5) is 0. The van der Waals surface area contributed by atoms with E-state index in [0.29, 0.717) is 0 Å². The summed E-state index contributed by atoms with van der Waals surface area (Å²) in [5.41, 5.74) is 3.02. The maximum Gasteiger partial charge on any atom is 0.119 e. The Labute approximate surface area is 77.5 Å². The molecule has 2 heteroatoms. The van der Waals surface area contributed by atoms with Crippen molar-refractivity contribution in [2.75, 3.05) is 7.11 Å². The van der Waals surface area contributed by atoms with Gasteiger partial charge in [-0.2, -0.15) is 0 Å². The van der Waals surface area contributed by atoms with Gasteiger partial charge in [-0.3, -0.25) is 0 Å². The average molecular weight is 176 g/mol. The second-order valence-corrected chi connectivity index (χ2v) is 3.29. The third-order valence-electron chi connectivity index (χ3n) is 2.40. The fraction of sp³-hybridized carbons (Fsp3) is 0.273. The fourth-order valence-electron chi connectivity index (χ4n) is 1.62. The molecule has 1 aliphatic carbocycles. The van der Waals surface area contributed by atoms with E-state index in [1.165, 1.54) is 0 Å². The van der Waals surface area contributed by atoms with Gasteiger partial charge in [0.25, 0.3) is 0 Å². The molecule has 1 unspecified atom stereocenters. The molecule has 0 radical (unpaired) electrons. The van der Waals surface area contributed by atoms with E-state index < -0.39 is 6.10 Å². The van der Waals surface area contributed by atoms with Gasteiger partial charge in [-0.1, -0.05) is 12.1 Å². The van der Waals surface area contributed by atoms with Crippen LogP contribution in [0, 0.1) is 0 Å². The zero-order valence-corrected chi connectivity index (χ0v) is 7.74. The van der Waals surface area contributed by atoms with Crippen LogP contribution >= 0.6 is 0 Å². The second kappa shape index (κ2) is 2.89. The summed E-state index contributed by atoms with van der Waals surface area (Å²) < 4.78 is 5.09.